The fourth-order valence-corrected chi connectivity index (χ4v) is 5.48. The minimum atomic E-state index is -4.34. The third-order valence-corrected chi connectivity index (χ3v) is 7.42. The number of carbonyl (C=O) groups excluding carboxylic acids is 1. The van der Waals surface area contributed by atoms with Crippen LogP contribution in [0, 0.1) is 11.7 Å². The number of sulfonamides is 1. The molecule has 0 aliphatic carbocycles. The summed E-state index contributed by atoms with van der Waals surface area (Å²) in [6, 6.07) is 11.4. The highest BCUT2D eigenvalue weighted by Gasteiger charge is 2.39. The van der Waals surface area contributed by atoms with Crippen LogP contribution in [0.5, 0.6) is 5.88 Å². The number of ether oxygens (including phenoxy) is 1. The topological polar surface area (TPSA) is 101 Å². The second-order valence-corrected chi connectivity index (χ2v) is 11.4. The third-order valence-electron chi connectivity index (χ3n) is 5.95. The van der Waals surface area contributed by atoms with Gasteiger partial charge < -0.3 is 9.64 Å². The van der Waals surface area contributed by atoms with Crippen LogP contribution in [0.4, 0.5) is 10.2 Å². The molecule has 1 fully saturated rings. The first-order valence-corrected chi connectivity index (χ1v) is 13.2. The predicted octanol–water partition coefficient (Wildman–Crippen LogP) is 4.59. The molecule has 0 bridgehead atoms. The first-order valence-electron chi connectivity index (χ1n) is 11.3. The molecule has 1 N–H and O–H groups in total. The van der Waals surface area contributed by atoms with E-state index >= 15 is 0 Å². The Morgan fingerprint density at radius 3 is 2.72 bits per heavy atom. The zero-order chi connectivity index (χ0) is 26.1. The van der Waals surface area contributed by atoms with Crippen molar-refractivity contribution in [2.75, 3.05) is 11.4 Å². The van der Waals surface area contributed by atoms with E-state index in [0.717, 1.165) is 12.5 Å². The summed E-state index contributed by atoms with van der Waals surface area (Å²) in [6.07, 6.45) is 2.49. The van der Waals surface area contributed by atoms with Crippen LogP contribution in [0.25, 0.3) is 0 Å². The Bertz CT molecular complexity index is 1400. The molecule has 2 aromatic heterocycles. The zero-order valence-electron chi connectivity index (χ0n) is 20.0. The summed E-state index contributed by atoms with van der Waals surface area (Å²) >= 11 is 5.76. The van der Waals surface area contributed by atoms with E-state index < -0.39 is 26.8 Å². The highest BCUT2D eigenvalue weighted by atomic mass is 35.5. The van der Waals surface area contributed by atoms with Crippen LogP contribution in [-0.2, 0) is 16.6 Å². The number of aromatic nitrogens is 2. The minimum absolute atomic E-state index is 0.0467. The van der Waals surface area contributed by atoms with E-state index in [1.165, 1.54) is 30.3 Å². The number of anilines is 1. The number of nitrogens with one attached hydrogen (secondary N) is 1. The van der Waals surface area contributed by atoms with Gasteiger partial charge >= 0.3 is 0 Å². The van der Waals surface area contributed by atoms with E-state index in [0.29, 0.717) is 18.3 Å². The number of amides is 1. The van der Waals surface area contributed by atoms with Crippen molar-refractivity contribution in [2.24, 2.45) is 5.92 Å². The molecule has 3 heterocycles. The first-order chi connectivity index (χ1) is 17.0. The lowest BCUT2D eigenvalue weighted by atomic mass is 9.97. The monoisotopic (exact) mass is 532 g/mol. The van der Waals surface area contributed by atoms with Gasteiger partial charge in [0, 0.05) is 34.9 Å². The van der Waals surface area contributed by atoms with Crippen LogP contribution < -0.4 is 14.4 Å². The van der Waals surface area contributed by atoms with Crippen molar-refractivity contribution in [2.45, 2.75) is 44.4 Å². The number of nitrogens with zero attached hydrogens (tertiary/aromatic N) is 3. The van der Waals surface area contributed by atoms with Crippen molar-refractivity contribution in [1.29, 1.82) is 0 Å². The van der Waals surface area contributed by atoms with Gasteiger partial charge in [-0.05, 0) is 56.5 Å². The van der Waals surface area contributed by atoms with Gasteiger partial charge in [0.1, 0.15) is 18.2 Å². The van der Waals surface area contributed by atoms with Gasteiger partial charge in [-0.15, -0.1) is 0 Å². The van der Waals surface area contributed by atoms with Crippen molar-refractivity contribution < 1.29 is 22.3 Å². The molecule has 3 aromatic rings. The molecule has 1 saturated heterocycles. The van der Waals surface area contributed by atoms with Crippen molar-refractivity contribution >= 4 is 33.3 Å². The summed E-state index contributed by atoms with van der Waals surface area (Å²) < 4.78 is 47.5. The Hall–Kier alpha value is -3.24. The van der Waals surface area contributed by atoms with Crippen molar-refractivity contribution in [1.82, 2.24) is 14.7 Å². The highest BCUT2D eigenvalue weighted by Crippen LogP contribution is 2.37. The minimum Gasteiger partial charge on any atom is -0.473 e. The molecule has 36 heavy (non-hydrogen) atoms. The van der Waals surface area contributed by atoms with Crippen molar-refractivity contribution in [3.8, 4) is 5.88 Å². The van der Waals surface area contributed by atoms with Gasteiger partial charge in [-0.2, -0.15) is 13.4 Å². The predicted molar refractivity (Wildman–Crippen MR) is 134 cm³/mol. The van der Waals surface area contributed by atoms with Crippen LogP contribution in [0.15, 0.2) is 59.8 Å². The fourth-order valence-electron chi connectivity index (χ4n) is 4.39. The number of carbonyl (C=O) groups is 1. The van der Waals surface area contributed by atoms with Crippen LogP contribution in [0.2, 0.25) is 5.02 Å². The van der Waals surface area contributed by atoms with E-state index in [1.807, 2.05) is 4.90 Å². The average Bonchev–Trinajstić information content (AvgIpc) is 3.10. The zero-order valence-corrected chi connectivity index (χ0v) is 21.6. The van der Waals surface area contributed by atoms with Gasteiger partial charge in [0.2, 0.25) is 5.88 Å². The molecule has 1 aliphatic heterocycles. The molecule has 1 aromatic carbocycles. The third kappa shape index (κ3) is 5.60. The molecular formula is C25H26ClFN4O4S. The van der Waals surface area contributed by atoms with Gasteiger partial charge in [-0.3, -0.25) is 4.79 Å². The molecule has 1 atom stereocenters. The maximum atomic E-state index is 14.0. The summed E-state index contributed by atoms with van der Waals surface area (Å²) in [5.74, 6) is -0.592. The molecule has 1 aliphatic rings. The Morgan fingerprint density at radius 2 is 2.03 bits per heavy atom. The summed E-state index contributed by atoms with van der Waals surface area (Å²) in [4.78, 5) is 23.5. The Balaban J connectivity index is 1.52. The molecule has 8 nitrogen and oxygen atoms in total. The lowest BCUT2D eigenvalue weighted by Gasteiger charge is -2.33. The van der Waals surface area contributed by atoms with Crippen molar-refractivity contribution in [3.63, 3.8) is 0 Å². The van der Waals surface area contributed by atoms with Gasteiger partial charge in [-0.25, -0.2) is 14.1 Å². The quantitative estimate of drug-likeness (QED) is 0.475. The van der Waals surface area contributed by atoms with Gasteiger partial charge in [0.15, 0.2) is 5.03 Å². The highest BCUT2D eigenvalue weighted by molar-refractivity contribution is 7.90. The molecule has 1 amide bonds. The van der Waals surface area contributed by atoms with E-state index in [4.69, 9.17) is 16.3 Å². The Labute approximate surface area is 214 Å². The van der Waals surface area contributed by atoms with Crippen LogP contribution in [0.3, 0.4) is 0 Å². The number of benzene rings is 1. The van der Waals surface area contributed by atoms with Gasteiger partial charge in [0.05, 0.1) is 5.56 Å². The second-order valence-electron chi connectivity index (χ2n) is 9.38. The summed E-state index contributed by atoms with van der Waals surface area (Å²) in [5, 5.41) is -0.164. The van der Waals surface area contributed by atoms with E-state index in [-0.39, 0.29) is 34.2 Å². The fraction of sp³-hybridized carbons (Fsp3) is 0.320. The second kappa shape index (κ2) is 10.0. The molecule has 4 rings (SSSR count). The van der Waals surface area contributed by atoms with Crippen LogP contribution >= 0.6 is 11.6 Å². The molecule has 190 valence electrons. The maximum absolute atomic E-state index is 14.0. The van der Waals surface area contributed by atoms with Crippen molar-refractivity contribution in [3.05, 3.63) is 76.7 Å². The maximum Gasteiger partial charge on any atom is 0.281 e. The number of halogens is 2. The average molecular weight is 533 g/mol. The summed E-state index contributed by atoms with van der Waals surface area (Å²) in [6.45, 7) is 6.77. The van der Waals surface area contributed by atoms with Crippen LogP contribution in [0.1, 0.15) is 43.1 Å². The lowest BCUT2D eigenvalue weighted by molar-refractivity contribution is 0.0981. The molecule has 0 saturated carbocycles. The normalized spacial score (nSPS) is 17.1. The summed E-state index contributed by atoms with van der Waals surface area (Å²) in [7, 11) is -4.34. The van der Waals surface area contributed by atoms with Gasteiger partial charge in [-0.1, -0.05) is 30.7 Å². The first kappa shape index (κ1) is 25.8. The van der Waals surface area contributed by atoms with Gasteiger partial charge in [0.25, 0.3) is 15.9 Å². The van der Waals surface area contributed by atoms with E-state index in [9.17, 15) is 17.6 Å². The number of hydrogen-bond acceptors (Lipinski definition) is 7. The molecule has 1 unspecified atom stereocenters. The molecule has 0 radical (unpaired) electrons. The van der Waals surface area contributed by atoms with E-state index in [1.54, 1.807) is 18.3 Å². The smallest absolute Gasteiger partial charge is 0.281 e. The number of hydrogen-bond donors (Lipinski definition) is 1. The molecular weight excluding hydrogens is 507 g/mol. The number of rotatable bonds is 7. The standard InChI is InChI=1S/C25H26ClFN4O4S/c1-16-13-25(2,3)31(14-16)23-19(6-5-11-28-23)24(32)30-36(33,34)22-8-4-7-21(29-22)35-15-17-9-10-18(26)12-20(17)27/h4-12,16H,13-15H2,1-3H3,(H,30,32). The van der Waals surface area contributed by atoms with E-state index in [2.05, 4.69) is 35.5 Å². The Kier molecular flexibility index (Phi) is 7.19. The largest absolute Gasteiger partial charge is 0.473 e. The SMILES string of the molecule is CC1CN(c2ncccc2C(=O)NS(=O)(=O)c2cccc(OCc3ccc(Cl)cc3F)n2)C(C)(C)C1. The lowest BCUT2D eigenvalue weighted by Crippen LogP contribution is -2.41. The molecule has 11 heteroatoms. The molecule has 0 spiro atoms. The number of pyridine rings is 2. The Morgan fingerprint density at radius 1 is 1.25 bits per heavy atom. The summed E-state index contributed by atoms with van der Waals surface area (Å²) in [5.41, 5.74) is 0.137. The van der Waals surface area contributed by atoms with Crippen LogP contribution in [-0.4, -0.2) is 36.4 Å².